The zero-order chi connectivity index (χ0) is 21.0. The van der Waals surface area contributed by atoms with Crippen molar-refractivity contribution in [3.8, 4) is 0 Å². The van der Waals surface area contributed by atoms with E-state index in [0.29, 0.717) is 18.9 Å². The Balaban J connectivity index is 2.05. The van der Waals surface area contributed by atoms with Gasteiger partial charge < -0.3 is 10.1 Å². The van der Waals surface area contributed by atoms with E-state index in [2.05, 4.69) is 5.32 Å². The molecule has 2 aromatic rings. The Morgan fingerprint density at radius 2 is 1.76 bits per heavy atom. The molecule has 0 saturated carbocycles. The Kier molecular flexibility index (Phi) is 6.51. The lowest BCUT2D eigenvalue weighted by atomic mass is 9.96. The fourth-order valence-electron chi connectivity index (χ4n) is 3.35. The van der Waals surface area contributed by atoms with Crippen LogP contribution in [0.15, 0.2) is 53.4 Å². The van der Waals surface area contributed by atoms with Crippen LogP contribution in [0.2, 0.25) is 0 Å². The highest BCUT2D eigenvalue weighted by Gasteiger charge is 2.31. The van der Waals surface area contributed by atoms with Crippen LogP contribution in [-0.2, 0) is 14.8 Å². The van der Waals surface area contributed by atoms with Crippen molar-refractivity contribution in [1.82, 2.24) is 4.31 Å². The first-order chi connectivity index (χ1) is 13.8. The maximum atomic E-state index is 13.3. The molecule has 9 heteroatoms. The molecule has 1 fully saturated rings. The quantitative estimate of drug-likeness (QED) is 0.545. The number of morpholine rings is 1. The van der Waals surface area contributed by atoms with Gasteiger partial charge >= 0.3 is 0 Å². The lowest BCUT2D eigenvalue weighted by molar-refractivity contribution is -0.385. The molecule has 8 nitrogen and oxygen atoms in total. The second-order valence-electron chi connectivity index (χ2n) is 7.23. The molecule has 1 heterocycles. The van der Waals surface area contributed by atoms with Gasteiger partial charge in [0, 0.05) is 25.2 Å². The molecule has 0 spiro atoms. The number of nitrogens with zero attached hydrogens (tertiary/aromatic N) is 2. The number of nitro benzene ring substituents is 1. The number of anilines is 1. The number of ether oxygens (including phenoxy) is 1. The van der Waals surface area contributed by atoms with Crippen molar-refractivity contribution in [2.24, 2.45) is 5.92 Å². The minimum Gasteiger partial charge on any atom is -0.379 e. The average Bonchev–Trinajstić information content (AvgIpc) is 2.73. The van der Waals surface area contributed by atoms with Crippen molar-refractivity contribution >= 4 is 21.4 Å². The van der Waals surface area contributed by atoms with Crippen LogP contribution in [0.25, 0.3) is 0 Å². The Bertz CT molecular complexity index is 957. The van der Waals surface area contributed by atoms with Crippen molar-refractivity contribution in [3.63, 3.8) is 0 Å². The van der Waals surface area contributed by atoms with E-state index in [0.717, 1.165) is 11.6 Å². The van der Waals surface area contributed by atoms with Crippen molar-refractivity contribution in [3.05, 3.63) is 64.2 Å². The molecule has 1 N–H and O–H groups in total. The van der Waals surface area contributed by atoms with E-state index < -0.39 is 14.9 Å². The number of non-ortho nitro benzene ring substituents is 1. The Labute approximate surface area is 170 Å². The van der Waals surface area contributed by atoms with E-state index in [1.54, 1.807) is 0 Å². The van der Waals surface area contributed by atoms with Gasteiger partial charge in [0.1, 0.15) is 4.90 Å². The summed E-state index contributed by atoms with van der Waals surface area (Å²) in [6.45, 7) is 5.11. The number of nitro groups is 1. The Morgan fingerprint density at radius 3 is 2.34 bits per heavy atom. The van der Waals surface area contributed by atoms with E-state index >= 15 is 0 Å². The van der Waals surface area contributed by atoms with Gasteiger partial charge in [0.25, 0.3) is 5.69 Å². The third-order valence-corrected chi connectivity index (χ3v) is 6.84. The number of rotatable bonds is 7. The van der Waals surface area contributed by atoms with E-state index in [-0.39, 0.29) is 35.6 Å². The smallest absolute Gasteiger partial charge is 0.270 e. The Hall–Kier alpha value is -2.49. The molecule has 1 aliphatic rings. The van der Waals surface area contributed by atoms with Gasteiger partial charge in [-0.05, 0) is 17.5 Å². The summed E-state index contributed by atoms with van der Waals surface area (Å²) >= 11 is 0. The summed E-state index contributed by atoms with van der Waals surface area (Å²) in [7, 11) is -3.92. The van der Waals surface area contributed by atoms with Crippen LogP contribution in [0.4, 0.5) is 11.4 Å². The van der Waals surface area contributed by atoms with Gasteiger partial charge in [-0.1, -0.05) is 44.2 Å². The van der Waals surface area contributed by atoms with Crippen LogP contribution < -0.4 is 5.32 Å². The standard InChI is InChI=1S/C20H25N3O5S/c1-15(2)20(16-6-4-3-5-7-16)21-18-9-8-17(23(24)25)14-19(18)29(26,27)22-10-12-28-13-11-22/h3-9,14-15,20-21H,10-13H2,1-2H3. The molecule has 0 aromatic heterocycles. The van der Waals surface area contributed by atoms with Gasteiger partial charge in [0.05, 0.1) is 29.9 Å². The van der Waals surface area contributed by atoms with Gasteiger partial charge in [-0.25, -0.2) is 8.42 Å². The summed E-state index contributed by atoms with van der Waals surface area (Å²) in [6.07, 6.45) is 0. The normalized spacial score (nSPS) is 16.5. The van der Waals surface area contributed by atoms with E-state index in [1.807, 2.05) is 44.2 Å². The molecule has 1 unspecified atom stereocenters. The number of hydrogen-bond acceptors (Lipinski definition) is 6. The first-order valence-electron chi connectivity index (χ1n) is 9.48. The topological polar surface area (TPSA) is 102 Å². The van der Waals surface area contributed by atoms with Crippen LogP contribution in [0.3, 0.4) is 0 Å². The van der Waals surface area contributed by atoms with Crippen molar-refractivity contribution in [2.45, 2.75) is 24.8 Å². The van der Waals surface area contributed by atoms with Gasteiger partial charge in [0.2, 0.25) is 10.0 Å². The van der Waals surface area contributed by atoms with Crippen molar-refractivity contribution < 1.29 is 18.1 Å². The molecule has 156 valence electrons. The number of hydrogen-bond donors (Lipinski definition) is 1. The van der Waals surface area contributed by atoms with Crippen LogP contribution in [-0.4, -0.2) is 43.9 Å². The molecule has 3 rings (SSSR count). The highest BCUT2D eigenvalue weighted by Crippen LogP contribution is 2.34. The largest absolute Gasteiger partial charge is 0.379 e. The molecular weight excluding hydrogens is 394 g/mol. The van der Waals surface area contributed by atoms with Crippen LogP contribution >= 0.6 is 0 Å². The molecule has 0 bridgehead atoms. The zero-order valence-electron chi connectivity index (χ0n) is 16.4. The predicted octanol–water partition coefficient (Wildman–Crippen LogP) is 3.42. The average molecular weight is 420 g/mol. The van der Waals surface area contributed by atoms with E-state index in [9.17, 15) is 18.5 Å². The van der Waals surface area contributed by atoms with E-state index in [4.69, 9.17) is 4.74 Å². The molecule has 2 aromatic carbocycles. The van der Waals surface area contributed by atoms with Gasteiger partial charge in [-0.2, -0.15) is 4.31 Å². The molecule has 0 aliphatic carbocycles. The highest BCUT2D eigenvalue weighted by atomic mass is 32.2. The zero-order valence-corrected chi connectivity index (χ0v) is 17.3. The monoisotopic (exact) mass is 419 g/mol. The summed E-state index contributed by atoms with van der Waals surface area (Å²) in [5.41, 5.74) is 1.10. The lowest BCUT2D eigenvalue weighted by Crippen LogP contribution is -2.40. The molecule has 0 amide bonds. The van der Waals surface area contributed by atoms with Gasteiger partial charge in [0.15, 0.2) is 0 Å². The molecule has 29 heavy (non-hydrogen) atoms. The first-order valence-corrected chi connectivity index (χ1v) is 10.9. The Morgan fingerprint density at radius 1 is 1.10 bits per heavy atom. The second kappa shape index (κ2) is 8.89. The van der Waals surface area contributed by atoms with E-state index in [1.165, 1.54) is 16.4 Å². The molecule has 1 aliphatic heterocycles. The molecular formula is C20H25N3O5S. The van der Waals surface area contributed by atoms with Crippen LogP contribution in [0, 0.1) is 16.0 Å². The second-order valence-corrected chi connectivity index (χ2v) is 9.14. The fourth-order valence-corrected chi connectivity index (χ4v) is 4.93. The van der Waals surface area contributed by atoms with Gasteiger partial charge in [-0.15, -0.1) is 0 Å². The molecule has 1 atom stereocenters. The molecule has 1 saturated heterocycles. The number of nitrogens with one attached hydrogen (secondary N) is 1. The third-order valence-electron chi connectivity index (χ3n) is 4.90. The maximum Gasteiger partial charge on any atom is 0.270 e. The summed E-state index contributed by atoms with van der Waals surface area (Å²) in [5.74, 6) is 0.159. The summed E-state index contributed by atoms with van der Waals surface area (Å²) < 4.78 is 33.1. The third kappa shape index (κ3) is 4.75. The minimum atomic E-state index is -3.92. The van der Waals surface area contributed by atoms with Crippen LogP contribution in [0.1, 0.15) is 25.5 Å². The number of benzene rings is 2. The predicted molar refractivity (Wildman–Crippen MR) is 110 cm³/mol. The molecule has 0 radical (unpaired) electrons. The fraction of sp³-hybridized carbons (Fsp3) is 0.400. The first kappa shape index (κ1) is 21.2. The SMILES string of the molecule is CC(C)C(Nc1ccc([N+](=O)[O-])cc1S(=O)(=O)N1CCOCC1)c1ccccc1. The van der Waals surface area contributed by atoms with Crippen LogP contribution in [0.5, 0.6) is 0 Å². The van der Waals surface area contributed by atoms with Crippen molar-refractivity contribution in [1.29, 1.82) is 0 Å². The minimum absolute atomic E-state index is 0.0878. The summed E-state index contributed by atoms with van der Waals surface area (Å²) in [6, 6.07) is 13.5. The van der Waals surface area contributed by atoms with Crippen molar-refractivity contribution in [2.75, 3.05) is 31.6 Å². The van der Waals surface area contributed by atoms with Gasteiger partial charge in [-0.3, -0.25) is 10.1 Å². The maximum absolute atomic E-state index is 13.3. The highest BCUT2D eigenvalue weighted by molar-refractivity contribution is 7.89. The lowest BCUT2D eigenvalue weighted by Gasteiger charge is -2.29. The summed E-state index contributed by atoms with van der Waals surface area (Å²) in [5, 5.41) is 14.6. The number of sulfonamides is 1. The summed E-state index contributed by atoms with van der Waals surface area (Å²) in [4.78, 5) is 10.6.